The van der Waals surface area contributed by atoms with E-state index in [2.05, 4.69) is 46.5 Å². The smallest absolute Gasteiger partial charge is 0.234 e. The molecule has 0 spiro atoms. The molecular weight excluding hydrogens is 534 g/mol. The van der Waals surface area contributed by atoms with Crippen LogP contribution in [0.5, 0.6) is 0 Å². The number of amides is 1. The summed E-state index contributed by atoms with van der Waals surface area (Å²) >= 11 is 10.7. The van der Waals surface area contributed by atoms with Crippen molar-refractivity contribution in [2.45, 2.75) is 32.6 Å². The number of dihydropyridines is 1. The molecule has 5 nitrogen and oxygen atoms in total. The molecule has 1 aliphatic carbocycles. The van der Waals surface area contributed by atoms with Crippen LogP contribution in [0.2, 0.25) is 5.02 Å². The van der Waals surface area contributed by atoms with Crippen LogP contribution in [0, 0.1) is 16.7 Å². The summed E-state index contributed by atoms with van der Waals surface area (Å²) in [6.45, 7) is 4.13. The van der Waals surface area contributed by atoms with Crippen LogP contribution in [0.15, 0.2) is 74.9 Å². The standard InChI is InChI=1S/C26H23BrClN3O2S/c1-26(2)11-20-24(21(32)12-26)23(15-3-7-17(28)8-4-15)19(13-29)25(31-20)34-14-22(33)30-18-9-5-16(27)6-10-18/h3-10,23,31H,11-12,14H2,1-2H3,(H,30,33)/t23-/m0/s1. The molecule has 1 atom stereocenters. The summed E-state index contributed by atoms with van der Waals surface area (Å²) in [6.07, 6.45) is 1.11. The van der Waals surface area contributed by atoms with Gasteiger partial charge >= 0.3 is 0 Å². The van der Waals surface area contributed by atoms with E-state index in [-0.39, 0.29) is 22.9 Å². The SMILES string of the molecule is CC1(C)CC(=O)C2=C(C1)NC(SCC(=O)Nc1ccc(Br)cc1)=C(C#N)[C@@H]2c1ccc(Cl)cc1. The van der Waals surface area contributed by atoms with E-state index in [0.29, 0.717) is 39.7 Å². The van der Waals surface area contributed by atoms with Crippen LogP contribution >= 0.6 is 39.3 Å². The van der Waals surface area contributed by atoms with Gasteiger partial charge in [-0.25, -0.2) is 0 Å². The lowest BCUT2D eigenvalue weighted by atomic mass is 9.69. The molecule has 8 heteroatoms. The van der Waals surface area contributed by atoms with E-state index in [0.717, 1.165) is 15.7 Å². The number of nitriles is 1. The fourth-order valence-corrected chi connectivity index (χ4v) is 5.60. The highest BCUT2D eigenvalue weighted by molar-refractivity contribution is 9.10. The van der Waals surface area contributed by atoms with E-state index in [9.17, 15) is 14.9 Å². The monoisotopic (exact) mass is 555 g/mol. The van der Waals surface area contributed by atoms with Crippen LogP contribution < -0.4 is 10.6 Å². The van der Waals surface area contributed by atoms with Crippen molar-refractivity contribution in [1.82, 2.24) is 5.32 Å². The van der Waals surface area contributed by atoms with Crippen molar-refractivity contribution in [3.63, 3.8) is 0 Å². The minimum absolute atomic E-state index is 0.0449. The highest BCUT2D eigenvalue weighted by Crippen LogP contribution is 2.47. The Bertz CT molecular complexity index is 1240. The van der Waals surface area contributed by atoms with Crippen molar-refractivity contribution >= 4 is 56.7 Å². The van der Waals surface area contributed by atoms with E-state index in [1.54, 1.807) is 12.1 Å². The van der Waals surface area contributed by atoms with Crippen LogP contribution in [0.25, 0.3) is 0 Å². The summed E-state index contributed by atoms with van der Waals surface area (Å²) in [5.74, 6) is -0.499. The molecule has 2 aromatic rings. The van der Waals surface area contributed by atoms with Gasteiger partial charge in [0.15, 0.2) is 5.78 Å². The number of carbonyl (C=O) groups is 2. The number of hydrogen-bond donors (Lipinski definition) is 2. The van der Waals surface area contributed by atoms with Crippen molar-refractivity contribution in [2.75, 3.05) is 11.1 Å². The Morgan fingerprint density at radius 2 is 1.88 bits per heavy atom. The molecular formula is C26H23BrClN3O2S. The highest BCUT2D eigenvalue weighted by atomic mass is 79.9. The Labute approximate surface area is 216 Å². The first-order valence-electron chi connectivity index (χ1n) is 10.8. The van der Waals surface area contributed by atoms with E-state index in [1.165, 1.54) is 11.8 Å². The van der Waals surface area contributed by atoms with Crippen molar-refractivity contribution in [3.05, 3.63) is 85.5 Å². The highest BCUT2D eigenvalue weighted by Gasteiger charge is 2.41. The number of thioether (sulfide) groups is 1. The van der Waals surface area contributed by atoms with Crippen LogP contribution in [0.3, 0.4) is 0 Å². The molecule has 1 aliphatic heterocycles. The van der Waals surface area contributed by atoms with Gasteiger partial charge in [-0.1, -0.05) is 65.3 Å². The second kappa shape index (κ2) is 9.99. The van der Waals surface area contributed by atoms with Gasteiger partial charge in [-0.3, -0.25) is 9.59 Å². The minimum atomic E-state index is -0.487. The maximum atomic E-state index is 13.2. The number of nitrogens with zero attached hydrogens (tertiary/aromatic N) is 1. The summed E-state index contributed by atoms with van der Waals surface area (Å²) in [4.78, 5) is 25.8. The zero-order chi connectivity index (χ0) is 24.5. The van der Waals surface area contributed by atoms with Crippen molar-refractivity contribution in [3.8, 4) is 6.07 Å². The van der Waals surface area contributed by atoms with Crippen LogP contribution in [0.1, 0.15) is 38.2 Å². The third-order valence-corrected chi connectivity index (χ3v) is 7.60. The maximum Gasteiger partial charge on any atom is 0.234 e. The Kier molecular flexibility index (Phi) is 7.22. The quantitative estimate of drug-likeness (QED) is 0.437. The molecule has 0 radical (unpaired) electrons. The molecule has 1 amide bonds. The predicted octanol–water partition coefficient (Wildman–Crippen LogP) is 6.54. The summed E-state index contributed by atoms with van der Waals surface area (Å²) in [7, 11) is 0. The second-order valence-electron chi connectivity index (χ2n) is 9.14. The number of nitrogens with one attached hydrogen (secondary N) is 2. The van der Waals surface area contributed by atoms with Crippen LogP contribution in [0.4, 0.5) is 5.69 Å². The van der Waals surface area contributed by atoms with Gasteiger partial charge in [-0.15, -0.1) is 0 Å². The number of ketones is 1. The Morgan fingerprint density at radius 1 is 1.21 bits per heavy atom. The molecule has 2 aliphatic rings. The van der Waals surface area contributed by atoms with Gasteiger partial charge in [0.25, 0.3) is 0 Å². The topological polar surface area (TPSA) is 82.0 Å². The molecule has 0 fully saturated rings. The molecule has 2 N–H and O–H groups in total. The molecule has 0 saturated heterocycles. The number of rotatable bonds is 5. The van der Waals surface area contributed by atoms with Crippen molar-refractivity contribution in [1.29, 1.82) is 5.26 Å². The van der Waals surface area contributed by atoms with Gasteiger partial charge in [-0.2, -0.15) is 5.26 Å². The van der Waals surface area contributed by atoms with Gasteiger partial charge in [-0.05, 0) is 53.8 Å². The van der Waals surface area contributed by atoms with Gasteiger partial charge < -0.3 is 10.6 Å². The lowest BCUT2D eigenvalue weighted by Crippen LogP contribution is -2.37. The second-order valence-corrected chi connectivity index (χ2v) is 11.5. The summed E-state index contributed by atoms with van der Waals surface area (Å²) in [5.41, 5.74) is 3.25. The van der Waals surface area contributed by atoms with E-state index >= 15 is 0 Å². The first kappa shape index (κ1) is 24.6. The predicted molar refractivity (Wildman–Crippen MR) is 140 cm³/mol. The molecule has 0 aromatic heterocycles. The van der Waals surface area contributed by atoms with E-state index < -0.39 is 5.92 Å². The third kappa shape index (κ3) is 5.41. The van der Waals surface area contributed by atoms with Gasteiger partial charge in [0, 0.05) is 32.9 Å². The van der Waals surface area contributed by atoms with Gasteiger partial charge in [0.1, 0.15) is 0 Å². The zero-order valence-corrected chi connectivity index (χ0v) is 21.9. The summed E-state index contributed by atoms with van der Waals surface area (Å²) in [6, 6.07) is 16.9. The lowest BCUT2D eigenvalue weighted by Gasteiger charge is -2.39. The largest absolute Gasteiger partial charge is 0.352 e. The zero-order valence-electron chi connectivity index (χ0n) is 18.7. The summed E-state index contributed by atoms with van der Waals surface area (Å²) in [5, 5.41) is 17.5. The molecule has 174 valence electrons. The average molecular weight is 557 g/mol. The van der Waals surface area contributed by atoms with Crippen LogP contribution in [-0.4, -0.2) is 17.4 Å². The van der Waals surface area contributed by atoms with Crippen LogP contribution in [-0.2, 0) is 9.59 Å². The average Bonchev–Trinajstić information content (AvgIpc) is 2.78. The number of benzene rings is 2. The molecule has 2 aromatic carbocycles. The first-order chi connectivity index (χ1) is 16.2. The van der Waals surface area contributed by atoms with Crippen molar-refractivity contribution < 1.29 is 9.59 Å². The third-order valence-electron chi connectivity index (χ3n) is 5.81. The molecule has 0 unspecified atom stereocenters. The number of allylic oxidation sites excluding steroid dienone is 3. The molecule has 0 saturated carbocycles. The Hall–Kier alpha value is -2.53. The van der Waals surface area contributed by atoms with Gasteiger partial charge in [0.2, 0.25) is 5.91 Å². The molecule has 1 heterocycles. The fourth-order valence-electron chi connectivity index (χ4n) is 4.35. The molecule has 34 heavy (non-hydrogen) atoms. The van der Waals surface area contributed by atoms with Crippen molar-refractivity contribution in [2.24, 2.45) is 5.41 Å². The fraction of sp³-hybridized carbons (Fsp3) is 0.269. The Balaban J connectivity index is 1.64. The van der Waals surface area contributed by atoms with Gasteiger partial charge in [0.05, 0.1) is 28.3 Å². The number of halogens is 2. The first-order valence-corrected chi connectivity index (χ1v) is 12.9. The number of Topliss-reactive ketones (excluding diaryl/α,β-unsaturated/α-hetero) is 1. The number of carbonyl (C=O) groups excluding carboxylic acids is 2. The van der Waals surface area contributed by atoms with E-state index in [4.69, 9.17) is 11.6 Å². The molecule has 4 rings (SSSR count). The maximum absolute atomic E-state index is 13.2. The lowest BCUT2D eigenvalue weighted by molar-refractivity contribution is -0.118. The number of hydrogen-bond acceptors (Lipinski definition) is 5. The minimum Gasteiger partial charge on any atom is -0.352 e. The molecule has 0 bridgehead atoms. The number of anilines is 1. The van der Waals surface area contributed by atoms with E-state index in [1.807, 2.05) is 36.4 Å². The summed E-state index contributed by atoms with van der Waals surface area (Å²) < 4.78 is 0.928. The Morgan fingerprint density at radius 3 is 2.53 bits per heavy atom. The normalized spacial score (nSPS) is 19.3.